The molecule has 4 rings (SSSR count). The van der Waals surface area contributed by atoms with Crippen molar-refractivity contribution in [3.63, 3.8) is 0 Å². The number of aromatic nitrogens is 5. The van der Waals surface area contributed by atoms with Crippen LogP contribution < -0.4 is 15.3 Å². The Morgan fingerprint density at radius 3 is 2.58 bits per heavy atom. The van der Waals surface area contributed by atoms with E-state index in [4.69, 9.17) is 4.84 Å². The summed E-state index contributed by atoms with van der Waals surface area (Å²) in [6.45, 7) is 4.58. The highest BCUT2D eigenvalue weighted by Crippen LogP contribution is 2.09. The predicted octanol–water partition coefficient (Wildman–Crippen LogP) is -0.168. The Labute approximate surface area is 149 Å². The summed E-state index contributed by atoms with van der Waals surface area (Å²) in [5.74, 6) is 0.765. The second-order valence-electron chi connectivity index (χ2n) is 6.00. The molecule has 9 nitrogen and oxygen atoms in total. The molecule has 1 aliphatic heterocycles. The monoisotopic (exact) mass is 353 g/mol. The number of benzene rings is 1. The van der Waals surface area contributed by atoms with Crippen LogP contribution in [0.25, 0.3) is 10.9 Å². The molecule has 3 aromatic rings. The lowest BCUT2D eigenvalue weighted by Gasteiger charge is -2.34. The van der Waals surface area contributed by atoms with Crippen LogP contribution in [0.5, 0.6) is 0 Å². The summed E-state index contributed by atoms with van der Waals surface area (Å²) < 4.78 is 0. The molecule has 26 heavy (non-hydrogen) atoms. The largest absolute Gasteiger partial charge is 0.391 e. The fourth-order valence-electron chi connectivity index (χ4n) is 2.94. The summed E-state index contributed by atoms with van der Waals surface area (Å²) in [5, 5.41) is 8.33. The van der Waals surface area contributed by atoms with E-state index in [1.54, 1.807) is 30.6 Å². The van der Waals surface area contributed by atoms with Gasteiger partial charge in [0.05, 0.1) is 5.39 Å². The van der Waals surface area contributed by atoms with E-state index >= 15 is 0 Å². The van der Waals surface area contributed by atoms with Gasteiger partial charge >= 0.3 is 5.56 Å². The molecular formula is C17H19N7O2. The maximum absolute atomic E-state index is 12.3. The van der Waals surface area contributed by atoms with Gasteiger partial charge in [0.15, 0.2) is 0 Å². The van der Waals surface area contributed by atoms with Crippen molar-refractivity contribution in [3.8, 4) is 0 Å². The Bertz CT molecular complexity index is 923. The normalized spacial score (nSPS) is 15.3. The van der Waals surface area contributed by atoms with Gasteiger partial charge < -0.3 is 9.74 Å². The zero-order valence-electron chi connectivity index (χ0n) is 14.2. The Morgan fingerprint density at radius 2 is 1.77 bits per heavy atom. The van der Waals surface area contributed by atoms with Crippen LogP contribution in [0.4, 0.5) is 5.95 Å². The highest BCUT2D eigenvalue weighted by Gasteiger charge is 2.18. The Hall–Kier alpha value is -3.07. The van der Waals surface area contributed by atoms with Crippen LogP contribution in [-0.2, 0) is 0 Å². The van der Waals surface area contributed by atoms with E-state index in [2.05, 4.69) is 30.1 Å². The van der Waals surface area contributed by atoms with Crippen LogP contribution in [0.3, 0.4) is 0 Å². The van der Waals surface area contributed by atoms with Crippen molar-refractivity contribution in [3.05, 3.63) is 53.1 Å². The fraction of sp³-hybridized carbons (Fsp3) is 0.353. The van der Waals surface area contributed by atoms with Gasteiger partial charge in [-0.2, -0.15) is 0 Å². The topological polar surface area (TPSA) is 89.3 Å². The minimum absolute atomic E-state index is 0.290. The van der Waals surface area contributed by atoms with Crippen LogP contribution in [0.15, 0.2) is 47.5 Å². The van der Waals surface area contributed by atoms with Gasteiger partial charge in [-0.3, -0.25) is 9.69 Å². The summed E-state index contributed by atoms with van der Waals surface area (Å²) in [4.78, 5) is 31.8. The standard InChI is InChI=1S/C17H19N7O2/c25-16-14-4-1-2-5-15(14)20-21-24(16)26-13-12-22-8-10-23(11-9-22)17-18-6-3-7-19-17/h1-7H,8-13H2. The zero-order valence-corrected chi connectivity index (χ0v) is 14.2. The second kappa shape index (κ2) is 7.44. The smallest absolute Gasteiger partial charge is 0.314 e. The number of anilines is 1. The first-order chi connectivity index (χ1) is 12.8. The van der Waals surface area contributed by atoms with Crippen LogP contribution in [-0.4, -0.2) is 69.4 Å². The highest BCUT2D eigenvalue weighted by molar-refractivity contribution is 5.76. The van der Waals surface area contributed by atoms with Crippen molar-refractivity contribution >= 4 is 16.9 Å². The SMILES string of the molecule is O=c1c2ccccc2nnn1OCCN1CCN(c2ncccn2)CC1. The summed E-state index contributed by atoms with van der Waals surface area (Å²) >= 11 is 0. The lowest BCUT2D eigenvalue weighted by Crippen LogP contribution is -2.48. The maximum atomic E-state index is 12.3. The average molecular weight is 353 g/mol. The molecule has 0 amide bonds. The van der Waals surface area contributed by atoms with Gasteiger partial charge in [0, 0.05) is 45.1 Å². The first kappa shape index (κ1) is 16.4. The number of hydrogen-bond donors (Lipinski definition) is 0. The zero-order chi connectivity index (χ0) is 17.8. The molecular weight excluding hydrogens is 334 g/mol. The van der Waals surface area contributed by atoms with Gasteiger partial charge in [-0.05, 0) is 28.3 Å². The third kappa shape index (κ3) is 3.47. The fourth-order valence-corrected chi connectivity index (χ4v) is 2.94. The molecule has 1 saturated heterocycles. The highest BCUT2D eigenvalue weighted by atomic mass is 16.7. The molecule has 0 aliphatic carbocycles. The van der Waals surface area contributed by atoms with Gasteiger partial charge in [-0.25, -0.2) is 9.97 Å². The predicted molar refractivity (Wildman–Crippen MR) is 95.9 cm³/mol. The lowest BCUT2D eigenvalue weighted by atomic mass is 10.2. The Balaban J connectivity index is 1.29. The van der Waals surface area contributed by atoms with Crippen LogP contribution in [0.2, 0.25) is 0 Å². The van der Waals surface area contributed by atoms with Gasteiger partial charge in [0.25, 0.3) is 0 Å². The van der Waals surface area contributed by atoms with Gasteiger partial charge in [-0.1, -0.05) is 12.1 Å². The molecule has 0 atom stereocenters. The van der Waals surface area contributed by atoms with Crippen molar-refractivity contribution in [1.29, 1.82) is 0 Å². The molecule has 1 aromatic carbocycles. The summed E-state index contributed by atoms with van der Waals surface area (Å²) in [7, 11) is 0. The third-order valence-electron chi connectivity index (χ3n) is 4.37. The average Bonchev–Trinajstić information content (AvgIpc) is 2.71. The van der Waals surface area contributed by atoms with Crippen molar-refractivity contribution in [2.24, 2.45) is 0 Å². The van der Waals surface area contributed by atoms with Gasteiger partial charge in [0.1, 0.15) is 12.1 Å². The van der Waals surface area contributed by atoms with Gasteiger partial charge in [0.2, 0.25) is 5.95 Å². The molecule has 134 valence electrons. The van der Waals surface area contributed by atoms with Crippen LogP contribution >= 0.6 is 0 Å². The summed E-state index contributed by atoms with van der Waals surface area (Å²) in [5.41, 5.74) is 0.276. The van der Waals surface area contributed by atoms with E-state index in [0.29, 0.717) is 24.1 Å². The number of nitrogens with zero attached hydrogens (tertiary/aromatic N) is 7. The van der Waals surface area contributed by atoms with E-state index < -0.39 is 0 Å². The van der Waals surface area contributed by atoms with Gasteiger partial charge in [-0.15, -0.1) is 5.10 Å². The molecule has 0 saturated carbocycles. The van der Waals surface area contributed by atoms with E-state index in [0.717, 1.165) is 37.0 Å². The van der Waals surface area contributed by atoms with Crippen molar-refractivity contribution in [1.82, 2.24) is 30.0 Å². The maximum Gasteiger partial charge on any atom is 0.314 e. The summed E-state index contributed by atoms with van der Waals surface area (Å²) in [6.07, 6.45) is 3.51. The molecule has 1 fully saturated rings. The second-order valence-corrected chi connectivity index (χ2v) is 6.00. The molecule has 2 aromatic heterocycles. The number of piperazine rings is 1. The first-order valence-electron chi connectivity index (χ1n) is 8.53. The molecule has 1 aliphatic rings. The van der Waals surface area contributed by atoms with Crippen LogP contribution in [0.1, 0.15) is 0 Å². The molecule has 0 N–H and O–H groups in total. The van der Waals surface area contributed by atoms with Crippen molar-refractivity contribution in [2.75, 3.05) is 44.2 Å². The van der Waals surface area contributed by atoms with Crippen LogP contribution in [0, 0.1) is 0 Å². The summed E-state index contributed by atoms with van der Waals surface area (Å²) in [6, 6.07) is 8.91. The molecule has 0 radical (unpaired) electrons. The molecule has 0 unspecified atom stereocenters. The molecule has 0 spiro atoms. The number of rotatable bonds is 5. The number of fused-ring (bicyclic) bond motifs is 1. The van der Waals surface area contributed by atoms with E-state index in [9.17, 15) is 4.79 Å². The van der Waals surface area contributed by atoms with E-state index in [1.807, 2.05) is 12.1 Å². The molecule has 9 heteroatoms. The Kier molecular flexibility index (Phi) is 4.69. The van der Waals surface area contributed by atoms with E-state index in [-0.39, 0.29) is 5.56 Å². The quantitative estimate of drug-likeness (QED) is 0.625. The minimum atomic E-state index is -0.290. The minimum Gasteiger partial charge on any atom is -0.391 e. The first-order valence-corrected chi connectivity index (χ1v) is 8.53. The lowest BCUT2D eigenvalue weighted by molar-refractivity contribution is 0.0492. The number of hydrogen-bond acceptors (Lipinski definition) is 8. The van der Waals surface area contributed by atoms with Crippen molar-refractivity contribution < 1.29 is 4.84 Å². The third-order valence-corrected chi connectivity index (χ3v) is 4.37. The van der Waals surface area contributed by atoms with E-state index in [1.165, 1.54) is 0 Å². The molecule has 0 bridgehead atoms. The van der Waals surface area contributed by atoms with Crippen molar-refractivity contribution in [2.45, 2.75) is 0 Å². The molecule has 3 heterocycles. The Morgan fingerprint density at radius 1 is 1.00 bits per heavy atom.